The van der Waals surface area contributed by atoms with E-state index in [2.05, 4.69) is 36.0 Å². The van der Waals surface area contributed by atoms with Crippen LogP contribution in [0.4, 0.5) is 0 Å². The second kappa shape index (κ2) is 7.77. The smallest absolute Gasteiger partial charge is 0.325 e. The topological polar surface area (TPSA) is 34.2 Å². The maximum atomic E-state index is 11.8. The number of benzene rings is 1. The lowest BCUT2D eigenvalue weighted by Gasteiger charge is -2.05. The Hall–Kier alpha value is -1.62. The molecule has 124 valence electrons. The largest absolute Gasteiger partial charge is 1.00 e. The highest BCUT2D eigenvalue weighted by molar-refractivity contribution is 6.00. The Labute approximate surface area is 147 Å². The number of hydrogen-bond acceptors (Lipinski definition) is 2. The van der Waals surface area contributed by atoms with E-state index in [1.807, 2.05) is 17.6 Å². The number of carbonyl (C=O) groups is 1. The van der Waals surface area contributed by atoms with Crippen LogP contribution in [0.2, 0.25) is 0 Å². The molecule has 0 spiro atoms. The third-order valence-electron chi connectivity index (χ3n) is 4.21. The van der Waals surface area contributed by atoms with Crippen molar-refractivity contribution in [1.82, 2.24) is 4.57 Å². The van der Waals surface area contributed by atoms with Crippen molar-refractivity contribution in [2.45, 2.75) is 33.2 Å². The van der Waals surface area contributed by atoms with E-state index >= 15 is 0 Å². The van der Waals surface area contributed by atoms with Crippen molar-refractivity contribution >= 4 is 23.1 Å². The van der Waals surface area contributed by atoms with Gasteiger partial charge in [0.05, 0.1) is 12.2 Å². The van der Waals surface area contributed by atoms with Crippen molar-refractivity contribution in [2.24, 2.45) is 0 Å². The number of carbonyl (C=O) groups excluding carboxylic acids is 1. The molecule has 5 heteroatoms. The summed E-state index contributed by atoms with van der Waals surface area (Å²) in [4.78, 5) is 11.8. The molecule has 1 fully saturated rings. The molecule has 1 aromatic heterocycles. The molecule has 1 aliphatic heterocycles. The molecule has 0 bridgehead atoms. The van der Waals surface area contributed by atoms with Crippen molar-refractivity contribution in [1.29, 1.82) is 0 Å². The summed E-state index contributed by atoms with van der Waals surface area (Å²) in [5.41, 5.74) is 3.53. The van der Waals surface area contributed by atoms with Crippen LogP contribution in [0.15, 0.2) is 24.4 Å². The molecule has 0 saturated carbocycles. The van der Waals surface area contributed by atoms with Gasteiger partial charge in [0, 0.05) is 29.9 Å². The van der Waals surface area contributed by atoms with E-state index in [9.17, 15) is 4.79 Å². The number of esters is 1. The highest BCUT2D eigenvalue weighted by Crippen LogP contribution is 2.24. The van der Waals surface area contributed by atoms with E-state index in [0.29, 0.717) is 6.61 Å². The van der Waals surface area contributed by atoms with E-state index < -0.39 is 0 Å². The zero-order chi connectivity index (χ0) is 15.5. The molecule has 23 heavy (non-hydrogen) atoms. The fourth-order valence-corrected chi connectivity index (χ4v) is 3.21. The summed E-state index contributed by atoms with van der Waals surface area (Å²) in [6.07, 6.45) is 6.84. The minimum absolute atomic E-state index is 0. The summed E-state index contributed by atoms with van der Waals surface area (Å²) in [7, 11) is 0. The quantitative estimate of drug-likeness (QED) is 0.542. The van der Waals surface area contributed by atoms with Gasteiger partial charge in [0.15, 0.2) is 6.21 Å². The molecule has 1 aliphatic rings. The molecule has 1 aromatic carbocycles. The van der Waals surface area contributed by atoms with Crippen LogP contribution in [0.3, 0.4) is 0 Å². The van der Waals surface area contributed by atoms with Crippen LogP contribution in [-0.4, -0.2) is 41.0 Å². The molecule has 0 radical (unpaired) electrons. The van der Waals surface area contributed by atoms with Crippen molar-refractivity contribution in [3.8, 4) is 0 Å². The summed E-state index contributed by atoms with van der Waals surface area (Å²) < 4.78 is 9.46. The van der Waals surface area contributed by atoms with Crippen molar-refractivity contribution in [3.63, 3.8) is 0 Å². The van der Waals surface area contributed by atoms with Crippen LogP contribution in [0.5, 0.6) is 0 Å². The predicted molar refractivity (Wildman–Crippen MR) is 87.7 cm³/mol. The molecular formula is C18H23BrN2O2. The van der Waals surface area contributed by atoms with E-state index in [1.165, 1.54) is 29.4 Å². The summed E-state index contributed by atoms with van der Waals surface area (Å²) in [5.74, 6) is -0.186. The normalized spacial score (nSPS) is 13.9. The van der Waals surface area contributed by atoms with E-state index in [4.69, 9.17) is 4.74 Å². The first-order valence-corrected chi connectivity index (χ1v) is 8.02. The zero-order valence-electron chi connectivity index (χ0n) is 13.7. The number of aromatic nitrogens is 1. The van der Waals surface area contributed by atoms with E-state index in [1.54, 1.807) is 0 Å². The molecule has 4 nitrogen and oxygen atoms in total. The van der Waals surface area contributed by atoms with Crippen LogP contribution in [0.1, 0.15) is 30.9 Å². The van der Waals surface area contributed by atoms with Gasteiger partial charge in [-0.15, -0.1) is 0 Å². The Morgan fingerprint density at radius 2 is 2.09 bits per heavy atom. The highest BCUT2D eigenvalue weighted by atomic mass is 79.9. The number of hydrogen-bond donors (Lipinski definition) is 0. The number of rotatable bonds is 4. The van der Waals surface area contributed by atoms with Gasteiger partial charge in [-0.05, 0) is 25.5 Å². The standard InChI is InChI=1S/C18H23N2O2.BrH/c1-3-22-17(21)13-20-12-15(11-19-9-4-5-10-19)18-14(2)7-6-8-16(18)20;/h6-8,11-12H,3-5,9-10,13H2,1-2H3;1H/q+1;/p-1. The maximum absolute atomic E-state index is 11.8. The fraction of sp³-hybridized carbons (Fsp3) is 0.444. The van der Waals surface area contributed by atoms with Gasteiger partial charge in [0.1, 0.15) is 19.6 Å². The van der Waals surface area contributed by atoms with E-state index in [0.717, 1.165) is 18.6 Å². The average Bonchev–Trinajstić information content (AvgIpc) is 3.09. The van der Waals surface area contributed by atoms with Crippen molar-refractivity contribution in [2.75, 3.05) is 19.7 Å². The van der Waals surface area contributed by atoms with Gasteiger partial charge in [-0.25, -0.2) is 4.58 Å². The van der Waals surface area contributed by atoms with Gasteiger partial charge >= 0.3 is 5.97 Å². The third-order valence-corrected chi connectivity index (χ3v) is 4.21. The molecule has 0 aliphatic carbocycles. The maximum Gasteiger partial charge on any atom is 0.325 e. The monoisotopic (exact) mass is 378 g/mol. The summed E-state index contributed by atoms with van der Waals surface area (Å²) in [5, 5.41) is 1.23. The minimum Gasteiger partial charge on any atom is -1.00 e. The lowest BCUT2D eigenvalue weighted by molar-refractivity contribution is -0.500. The number of fused-ring (bicyclic) bond motifs is 1. The number of aryl methyl sites for hydroxylation is 1. The first-order chi connectivity index (χ1) is 10.7. The Balaban J connectivity index is 0.00000192. The minimum atomic E-state index is -0.186. The summed E-state index contributed by atoms with van der Waals surface area (Å²) in [6.45, 7) is 6.89. The molecule has 0 N–H and O–H groups in total. The van der Waals surface area contributed by atoms with Gasteiger partial charge in [0.2, 0.25) is 0 Å². The van der Waals surface area contributed by atoms with E-state index in [-0.39, 0.29) is 29.5 Å². The van der Waals surface area contributed by atoms with Crippen LogP contribution in [0.25, 0.3) is 10.9 Å². The van der Waals surface area contributed by atoms with Crippen LogP contribution < -0.4 is 17.0 Å². The molecule has 3 rings (SSSR count). The highest BCUT2D eigenvalue weighted by Gasteiger charge is 2.17. The second-order valence-corrected chi connectivity index (χ2v) is 5.86. The van der Waals surface area contributed by atoms with Gasteiger partial charge in [-0.2, -0.15) is 0 Å². The average molecular weight is 379 g/mol. The Morgan fingerprint density at radius 3 is 2.78 bits per heavy atom. The number of halogens is 1. The molecule has 2 aromatic rings. The SMILES string of the molecule is CCOC(=O)Cn1cc(C=[N+]2CCCC2)c2c(C)cccc21.[Br-]. The van der Waals surface area contributed by atoms with Crippen LogP contribution >= 0.6 is 0 Å². The molecule has 2 heterocycles. The molecule has 0 atom stereocenters. The molecule has 0 amide bonds. The number of nitrogens with zero attached hydrogens (tertiary/aromatic N) is 2. The summed E-state index contributed by atoms with van der Waals surface area (Å²) in [6, 6.07) is 6.24. The van der Waals surface area contributed by atoms with Gasteiger partial charge in [0.25, 0.3) is 0 Å². The van der Waals surface area contributed by atoms with Gasteiger partial charge in [-0.3, -0.25) is 4.79 Å². The van der Waals surface area contributed by atoms with Gasteiger partial charge in [-0.1, -0.05) is 12.1 Å². The van der Waals surface area contributed by atoms with Crippen molar-refractivity contribution in [3.05, 3.63) is 35.5 Å². The molecule has 1 saturated heterocycles. The summed E-state index contributed by atoms with van der Waals surface area (Å²) >= 11 is 0. The van der Waals surface area contributed by atoms with Crippen molar-refractivity contribution < 1.29 is 31.1 Å². The number of ether oxygens (including phenoxy) is 1. The second-order valence-electron chi connectivity index (χ2n) is 5.86. The zero-order valence-corrected chi connectivity index (χ0v) is 15.3. The Bertz CT molecular complexity index is 726. The van der Waals surface area contributed by atoms with Crippen LogP contribution in [-0.2, 0) is 16.1 Å². The van der Waals surface area contributed by atoms with Crippen LogP contribution in [0, 0.1) is 6.92 Å². The Morgan fingerprint density at radius 1 is 1.35 bits per heavy atom. The lowest BCUT2D eigenvalue weighted by atomic mass is 10.1. The third kappa shape index (κ3) is 3.83. The predicted octanol–water partition coefficient (Wildman–Crippen LogP) is -0.258. The first kappa shape index (κ1) is 17.7. The fourth-order valence-electron chi connectivity index (χ4n) is 3.21. The first-order valence-electron chi connectivity index (χ1n) is 8.02. The molecular weight excluding hydrogens is 356 g/mol. The molecule has 0 unspecified atom stereocenters. The van der Waals surface area contributed by atoms with Gasteiger partial charge < -0.3 is 26.3 Å². The lowest BCUT2D eigenvalue weighted by Crippen LogP contribution is -3.00. The Kier molecular flexibility index (Phi) is 5.99.